The molecule has 0 saturated carbocycles. The molecule has 2 aromatic rings. The molecule has 0 aromatic carbocycles. The number of nitrogens with two attached hydrogens (primary N) is 1. The van der Waals surface area contributed by atoms with Crippen molar-refractivity contribution in [2.24, 2.45) is 0 Å². The van der Waals surface area contributed by atoms with E-state index in [0.717, 1.165) is 6.07 Å². The molecule has 2 atom stereocenters. The third-order valence-electron chi connectivity index (χ3n) is 4.82. The average Bonchev–Trinajstić information content (AvgIpc) is 3.21. The zero-order valence-electron chi connectivity index (χ0n) is 15.9. The van der Waals surface area contributed by atoms with Crippen molar-refractivity contribution in [2.75, 3.05) is 43.6 Å². The summed E-state index contributed by atoms with van der Waals surface area (Å²) in [4.78, 5) is 19.0. The number of anilines is 2. The first-order valence-electron chi connectivity index (χ1n) is 9.40. The first-order valence-corrected chi connectivity index (χ1v) is 9.40. The largest absolute Gasteiger partial charge is 0.457 e. The second-order valence-electron chi connectivity index (χ2n) is 6.96. The van der Waals surface area contributed by atoms with Crippen LogP contribution in [0.5, 0.6) is 6.01 Å². The molecule has 0 unspecified atom stereocenters. The SMILES string of the molecule is C[C@@H]1COCCN1c1nc(O[C@H]2CCOC2)nc(-c2cnc(N)cc2C(F)F)n1. The van der Waals surface area contributed by atoms with Crippen LogP contribution < -0.4 is 15.4 Å². The lowest BCUT2D eigenvalue weighted by Crippen LogP contribution is -2.44. The molecule has 0 spiro atoms. The predicted octanol–water partition coefficient (Wildman–Crippen LogP) is 1.85. The second-order valence-corrected chi connectivity index (χ2v) is 6.96. The Bertz CT molecular complexity index is 865. The highest BCUT2D eigenvalue weighted by Gasteiger charge is 2.26. The number of ether oxygens (including phenoxy) is 3. The van der Waals surface area contributed by atoms with E-state index >= 15 is 0 Å². The average molecular weight is 408 g/mol. The van der Waals surface area contributed by atoms with Crippen molar-refractivity contribution in [3.05, 3.63) is 17.8 Å². The molecule has 29 heavy (non-hydrogen) atoms. The Morgan fingerprint density at radius 2 is 2.03 bits per heavy atom. The molecule has 4 heterocycles. The van der Waals surface area contributed by atoms with Gasteiger partial charge in [-0.3, -0.25) is 0 Å². The van der Waals surface area contributed by atoms with Crippen molar-refractivity contribution in [3.63, 3.8) is 0 Å². The summed E-state index contributed by atoms with van der Waals surface area (Å²) in [7, 11) is 0. The summed E-state index contributed by atoms with van der Waals surface area (Å²) in [6, 6.07) is 1.21. The topological polar surface area (TPSA) is 109 Å². The Balaban J connectivity index is 1.77. The van der Waals surface area contributed by atoms with Crippen LogP contribution >= 0.6 is 0 Å². The van der Waals surface area contributed by atoms with E-state index in [1.165, 1.54) is 6.20 Å². The Morgan fingerprint density at radius 1 is 1.21 bits per heavy atom. The van der Waals surface area contributed by atoms with Gasteiger partial charge in [-0.05, 0) is 13.0 Å². The van der Waals surface area contributed by atoms with Crippen molar-refractivity contribution in [3.8, 4) is 17.4 Å². The number of alkyl halides is 2. The molecule has 2 aliphatic heterocycles. The molecular formula is C18H22F2N6O3. The third kappa shape index (κ3) is 4.35. The third-order valence-corrected chi connectivity index (χ3v) is 4.82. The van der Waals surface area contributed by atoms with E-state index < -0.39 is 6.43 Å². The minimum atomic E-state index is -2.76. The number of nitrogens with zero attached hydrogens (tertiary/aromatic N) is 5. The van der Waals surface area contributed by atoms with Crippen LogP contribution in [-0.4, -0.2) is 65.1 Å². The van der Waals surface area contributed by atoms with Crippen LogP contribution in [0.2, 0.25) is 0 Å². The highest BCUT2D eigenvalue weighted by atomic mass is 19.3. The van der Waals surface area contributed by atoms with Crippen LogP contribution in [-0.2, 0) is 9.47 Å². The van der Waals surface area contributed by atoms with E-state index in [1.54, 1.807) is 0 Å². The molecule has 2 saturated heterocycles. The van der Waals surface area contributed by atoms with E-state index in [2.05, 4.69) is 19.9 Å². The van der Waals surface area contributed by atoms with Crippen molar-refractivity contribution in [2.45, 2.75) is 31.9 Å². The smallest absolute Gasteiger partial charge is 0.322 e. The molecular weight excluding hydrogens is 386 g/mol. The summed E-state index contributed by atoms with van der Waals surface area (Å²) >= 11 is 0. The van der Waals surface area contributed by atoms with Crippen molar-refractivity contribution < 1.29 is 23.0 Å². The summed E-state index contributed by atoms with van der Waals surface area (Å²) < 4.78 is 43.9. The standard InChI is InChI=1S/C18H22F2N6O3/c1-10-8-28-5-3-26(10)17-23-16(13-7-22-14(21)6-12(13)15(19)20)24-18(25-17)29-11-2-4-27-9-11/h6-7,10-11,15H,2-5,8-9H2,1H3,(H2,21,22)/t10-,11+/m1/s1. The summed E-state index contributed by atoms with van der Waals surface area (Å²) in [5.41, 5.74) is 5.39. The minimum Gasteiger partial charge on any atom is -0.457 e. The van der Waals surface area contributed by atoms with E-state index in [4.69, 9.17) is 19.9 Å². The van der Waals surface area contributed by atoms with Gasteiger partial charge in [-0.15, -0.1) is 0 Å². The van der Waals surface area contributed by atoms with Crippen molar-refractivity contribution in [1.82, 2.24) is 19.9 Å². The Morgan fingerprint density at radius 3 is 2.76 bits per heavy atom. The minimum absolute atomic E-state index is 0.000269. The number of morpholine rings is 1. The summed E-state index contributed by atoms with van der Waals surface area (Å²) in [6.45, 7) is 4.59. The summed E-state index contributed by atoms with van der Waals surface area (Å²) in [5.74, 6) is 0.405. The molecule has 156 valence electrons. The Hall–Kier alpha value is -2.66. The molecule has 2 aromatic heterocycles. The predicted molar refractivity (Wildman–Crippen MR) is 99.9 cm³/mol. The van der Waals surface area contributed by atoms with Gasteiger partial charge < -0.3 is 24.8 Å². The molecule has 0 amide bonds. The number of hydrogen-bond donors (Lipinski definition) is 1. The van der Waals surface area contributed by atoms with E-state index in [9.17, 15) is 8.78 Å². The Labute approximate surface area is 166 Å². The van der Waals surface area contributed by atoms with Gasteiger partial charge in [0.15, 0.2) is 5.82 Å². The molecule has 0 aliphatic carbocycles. The van der Waals surface area contributed by atoms with Crippen LogP contribution in [0.25, 0.3) is 11.4 Å². The zero-order valence-corrected chi connectivity index (χ0v) is 15.9. The summed E-state index contributed by atoms with van der Waals surface area (Å²) in [6.07, 6.45) is -0.998. The van der Waals surface area contributed by atoms with Crippen LogP contribution in [0.3, 0.4) is 0 Å². The van der Waals surface area contributed by atoms with Gasteiger partial charge in [-0.2, -0.15) is 15.0 Å². The first kappa shape index (κ1) is 19.6. The van der Waals surface area contributed by atoms with Crippen molar-refractivity contribution in [1.29, 1.82) is 0 Å². The zero-order chi connectivity index (χ0) is 20.4. The Kier molecular flexibility index (Phi) is 5.67. The lowest BCUT2D eigenvalue weighted by atomic mass is 10.1. The van der Waals surface area contributed by atoms with Gasteiger partial charge in [-0.25, -0.2) is 13.8 Å². The van der Waals surface area contributed by atoms with Gasteiger partial charge in [0.05, 0.1) is 32.5 Å². The number of halogens is 2. The molecule has 0 bridgehead atoms. The normalized spacial score (nSPS) is 22.3. The van der Waals surface area contributed by atoms with Crippen LogP contribution in [0, 0.1) is 0 Å². The molecule has 2 fully saturated rings. The fourth-order valence-electron chi connectivity index (χ4n) is 3.28. The number of pyridine rings is 1. The van der Waals surface area contributed by atoms with E-state index in [0.29, 0.717) is 45.3 Å². The number of hydrogen-bond acceptors (Lipinski definition) is 9. The molecule has 0 radical (unpaired) electrons. The highest BCUT2D eigenvalue weighted by molar-refractivity contribution is 5.63. The molecule has 9 nitrogen and oxygen atoms in total. The molecule has 11 heteroatoms. The second kappa shape index (κ2) is 8.37. The number of rotatable bonds is 5. The van der Waals surface area contributed by atoms with Gasteiger partial charge in [-0.1, -0.05) is 0 Å². The van der Waals surface area contributed by atoms with Gasteiger partial charge in [0.25, 0.3) is 6.43 Å². The van der Waals surface area contributed by atoms with Crippen molar-refractivity contribution >= 4 is 11.8 Å². The van der Waals surface area contributed by atoms with E-state index in [-0.39, 0.29) is 40.9 Å². The number of aromatic nitrogens is 4. The van der Waals surface area contributed by atoms with Gasteiger partial charge >= 0.3 is 6.01 Å². The fraction of sp³-hybridized carbons (Fsp3) is 0.556. The fourth-order valence-corrected chi connectivity index (χ4v) is 3.28. The van der Waals surface area contributed by atoms with Crippen LogP contribution in [0.1, 0.15) is 25.3 Å². The maximum atomic E-state index is 13.6. The maximum Gasteiger partial charge on any atom is 0.322 e. The van der Waals surface area contributed by atoms with Crippen LogP contribution in [0.4, 0.5) is 20.5 Å². The molecule has 2 N–H and O–H groups in total. The lowest BCUT2D eigenvalue weighted by molar-refractivity contribution is 0.0977. The first-order chi connectivity index (χ1) is 14.0. The summed E-state index contributed by atoms with van der Waals surface area (Å²) in [5, 5.41) is 0. The van der Waals surface area contributed by atoms with Crippen LogP contribution in [0.15, 0.2) is 12.3 Å². The monoisotopic (exact) mass is 408 g/mol. The lowest BCUT2D eigenvalue weighted by Gasteiger charge is -2.33. The van der Waals surface area contributed by atoms with Gasteiger partial charge in [0, 0.05) is 30.3 Å². The quantitative estimate of drug-likeness (QED) is 0.793. The van der Waals surface area contributed by atoms with Gasteiger partial charge in [0.2, 0.25) is 5.95 Å². The molecule has 2 aliphatic rings. The van der Waals surface area contributed by atoms with E-state index in [1.807, 2.05) is 11.8 Å². The van der Waals surface area contributed by atoms with Gasteiger partial charge in [0.1, 0.15) is 11.9 Å². The molecule has 4 rings (SSSR count). The number of nitrogen functional groups attached to an aromatic ring is 1. The maximum absolute atomic E-state index is 13.6. The highest BCUT2D eigenvalue weighted by Crippen LogP contribution is 2.32.